The molecule has 2 nitrogen and oxygen atoms in total. The van der Waals surface area contributed by atoms with Crippen LogP contribution >= 0.6 is 11.6 Å². The topological polar surface area (TPSA) is 24.9 Å². The Balaban J connectivity index is 1.99. The van der Waals surface area contributed by atoms with Crippen LogP contribution in [0.15, 0.2) is 30.5 Å². The lowest BCUT2D eigenvalue weighted by Crippen LogP contribution is -2.21. The normalized spacial score (nSPS) is 23.4. The number of rotatable bonds is 2. The molecular weight excluding hydrogens is 244 g/mol. The van der Waals surface area contributed by atoms with Gasteiger partial charge in [-0.05, 0) is 43.0 Å². The molecule has 3 heteroatoms. The second-order valence-electron chi connectivity index (χ2n) is 5.15. The predicted molar refractivity (Wildman–Crippen MR) is 77.2 cm³/mol. The Kier molecular flexibility index (Phi) is 3.13. The van der Waals surface area contributed by atoms with Crippen molar-refractivity contribution in [1.29, 1.82) is 0 Å². The SMILES string of the molecule is CC1CCCC1Nc1ccc(Cl)c2ncccc12. The Bertz CT molecular complexity index is 567. The van der Waals surface area contributed by atoms with Gasteiger partial charge in [0.2, 0.25) is 0 Å². The second kappa shape index (κ2) is 4.77. The van der Waals surface area contributed by atoms with Crippen LogP contribution in [0.5, 0.6) is 0 Å². The minimum Gasteiger partial charge on any atom is -0.381 e. The largest absolute Gasteiger partial charge is 0.381 e. The van der Waals surface area contributed by atoms with Crippen molar-refractivity contribution in [2.75, 3.05) is 5.32 Å². The number of pyridine rings is 1. The minimum absolute atomic E-state index is 0.578. The van der Waals surface area contributed by atoms with Gasteiger partial charge in [0.1, 0.15) is 0 Å². The molecule has 1 heterocycles. The average Bonchev–Trinajstić information content (AvgIpc) is 2.79. The molecule has 0 radical (unpaired) electrons. The Morgan fingerprint density at radius 3 is 2.94 bits per heavy atom. The Morgan fingerprint density at radius 2 is 2.17 bits per heavy atom. The summed E-state index contributed by atoms with van der Waals surface area (Å²) >= 11 is 6.18. The number of hydrogen-bond donors (Lipinski definition) is 1. The number of fused-ring (bicyclic) bond motifs is 1. The van der Waals surface area contributed by atoms with Crippen LogP contribution < -0.4 is 5.32 Å². The van der Waals surface area contributed by atoms with E-state index in [1.807, 2.05) is 12.1 Å². The van der Waals surface area contributed by atoms with E-state index >= 15 is 0 Å². The van der Waals surface area contributed by atoms with Crippen LogP contribution in [0.2, 0.25) is 5.02 Å². The van der Waals surface area contributed by atoms with E-state index in [4.69, 9.17) is 11.6 Å². The molecule has 0 saturated heterocycles. The fourth-order valence-corrected chi connectivity index (χ4v) is 3.04. The van der Waals surface area contributed by atoms with Crippen molar-refractivity contribution in [3.05, 3.63) is 35.5 Å². The third-order valence-corrected chi connectivity index (χ3v) is 4.23. The minimum atomic E-state index is 0.578. The van der Waals surface area contributed by atoms with E-state index < -0.39 is 0 Å². The molecule has 1 saturated carbocycles. The van der Waals surface area contributed by atoms with Crippen molar-refractivity contribution in [2.45, 2.75) is 32.2 Å². The van der Waals surface area contributed by atoms with Gasteiger partial charge in [0, 0.05) is 23.3 Å². The zero-order chi connectivity index (χ0) is 12.5. The van der Waals surface area contributed by atoms with Gasteiger partial charge in [-0.2, -0.15) is 0 Å². The first-order valence-electron chi connectivity index (χ1n) is 6.55. The molecule has 1 fully saturated rings. The number of aromatic nitrogens is 1. The Labute approximate surface area is 112 Å². The summed E-state index contributed by atoms with van der Waals surface area (Å²) in [6.45, 7) is 2.32. The Morgan fingerprint density at radius 1 is 1.28 bits per heavy atom. The zero-order valence-corrected chi connectivity index (χ0v) is 11.2. The summed E-state index contributed by atoms with van der Waals surface area (Å²) in [5.74, 6) is 0.743. The van der Waals surface area contributed by atoms with Crippen LogP contribution in [0, 0.1) is 5.92 Å². The van der Waals surface area contributed by atoms with Crippen molar-refractivity contribution in [3.8, 4) is 0 Å². The molecule has 3 rings (SSSR count). The standard InChI is InChI=1S/C15H17ClN2/c1-10-4-2-6-13(10)18-14-8-7-12(16)15-11(14)5-3-9-17-15/h3,5,7-10,13,18H,2,4,6H2,1H3. The molecule has 1 aliphatic carbocycles. The van der Waals surface area contributed by atoms with E-state index in [-0.39, 0.29) is 0 Å². The van der Waals surface area contributed by atoms with E-state index in [2.05, 4.69) is 29.4 Å². The smallest absolute Gasteiger partial charge is 0.0908 e. The van der Waals surface area contributed by atoms with Crippen LogP contribution in [0.25, 0.3) is 10.9 Å². The van der Waals surface area contributed by atoms with Crippen LogP contribution in [0.4, 0.5) is 5.69 Å². The van der Waals surface area contributed by atoms with Crippen molar-refractivity contribution in [1.82, 2.24) is 4.98 Å². The van der Waals surface area contributed by atoms with Crippen molar-refractivity contribution < 1.29 is 0 Å². The highest BCUT2D eigenvalue weighted by Gasteiger charge is 2.23. The van der Waals surface area contributed by atoms with Crippen molar-refractivity contribution >= 4 is 28.2 Å². The first-order chi connectivity index (χ1) is 8.75. The van der Waals surface area contributed by atoms with Gasteiger partial charge < -0.3 is 5.32 Å². The summed E-state index contributed by atoms with van der Waals surface area (Å²) in [6.07, 6.45) is 5.69. The lowest BCUT2D eigenvalue weighted by molar-refractivity contribution is 0.557. The molecule has 1 aromatic carbocycles. The molecule has 1 aromatic heterocycles. The molecule has 0 amide bonds. The fourth-order valence-electron chi connectivity index (χ4n) is 2.82. The Hall–Kier alpha value is -1.28. The van der Waals surface area contributed by atoms with Gasteiger partial charge in [0.25, 0.3) is 0 Å². The third-order valence-electron chi connectivity index (χ3n) is 3.92. The second-order valence-corrected chi connectivity index (χ2v) is 5.56. The summed E-state index contributed by atoms with van der Waals surface area (Å²) in [6, 6.07) is 8.61. The number of nitrogens with one attached hydrogen (secondary N) is 1. The molecule has 1 N–H and O–H groups in total. The number of halogens is 1. The molecule has 2 atom stereocenters. The van der Waals surface area contributed by atoms with Crippen LogP contribution in [-0.4, -0.2) is 11.0 Å². The van der Waals surface area contributed by atoms with Crippen LogP contribution in [0.1, 0.15) is 26.2 Å². The quantitative estimate of drug-likeness (QED) is 0.861. The van der Waals surface area contributed by atoms with Gasteiger partial charge in [-0.15, -0.1) is 0 Å². The zero-order valence-electron chi connectivity index (χ0n) is 10.5. The highest BCUT2D eigenvalue weighted by molar-refractivity contribution is 6.35. The number of benzene rings is 1. The molecule has 2 aromatic rings. The summed E-state index contributed by atoms with van der Waals surface area (Å²) < 4.78 is 0. The van der Waals surface area contributed by atoms with E-state index in [9.17, 15) is 0 Å². The van der Waals surface area contributed by atoms with Gasteiger partial charge in [-0.3, -0.25) is 4.98 Å². The highest BCUT2D eigenvalue weighted by atomic mass is 35.5. The number of nitrogens with zero attached hydrogens (tertiary/aromatic N) is 1. The van der Waals surface area contributed by atoms with Crippen molar-refractivity contribution in [3.63, 3.8) is 0 Å². The molecule has 0 spiro atoms. The molecule has 1 aliphatic rings. The summed E-state index contributed by atoms with van der Waals surface area (Å²) in [5, 5.41) is 5.50. The number of hydrogen-bond acceptors (Lipinski definition) is 2. The lowest BCUT2D eigenvalue weighted by atomic mass is 10.1. The molecule has 18 heavy (non-hydrogen) atoms. The molecule has 2 unspecified atom stereocenters. The lowest BCUT2D eigenvalue weighted by Gasteiger charge is -2.20. The van der Waals surface area contributed by atoms with Gasteiger partial charge in [-0.1, -0.05) is 24.9 Å². The average molecular weight is 261 g/mol. The first-order valence-corrected chi connectivity index (χ1v) is 6.93. The van der Waals surface area contributed by atoms with Crippen molar-refractivity contribution in [2.24, 2.45) is 5.92 Å². The molecular formula is C15H17ClN2. The summed E-state index contributed by atoms with van der Waals surface area (Å²) in [4.78, 5) is 4.36. The van der Waals surface area contributed by atoms with Gasteiger partial charge in [0.15, 0.2) is 0 Å². The molecule has 0 bridgehead atoms. The van der Waals surface area contributed by atoms with Gasteiger partial charge in [0.05, 0.1) is 10.5 Å². The molecule has 0 aliphatic heterocycles. The van der Waals surface area contributed by atoms with Gasteiger partial charge in [-0.25, -0.2) is 0 Å². The first kappa shape index (κ1) is 11.8. The summed E-state index contributed by atoms with van der Waals surface area (Å²) in [7, 11) is 0. The predicted octanol–water partition coefficient (Wildman–Crippen LogP) is 4.49. The monoisotopic (exact) mass is 260 g/mol. The third kappa shape index (κ3) is 2.05. The maximum Gasteiger partial charge on any atom is 0.0908 e. The van der Waals surface area contributed by atoms with E-state index in [0.29, 0.717) is 6.04 Å². The number of anilines is 1. The van der Waals surface area contributed by atoms with Gasteiger partial charge >= 0.3 is 0 Å². The maximum atomic E-state index is 6.18. The van der Waals surface area contributed by atoms with Crippen LogP contribution in [-0.2, 0) is 0 Å². The fraction of sp³-hybridized carbons (Fsp3) is 0.400. The highest BCUT2D eigenvalue weighted by Crippen LogP contribution is 2.32. The van der Waals surface area contributed by atoms with E-state index in [1.54, 1.807) is 6.20 Å². The summed E-state index contributed by atoms with van der Waals surface area (Å²) in [5.41, 5.74) is 2.04. The molecule has 94 valence electrons. The van der Waals surface area contributed by atoms with E-state index in [0.717, 1.165) is 27.5 Å². The van der Waals surface area contributed by atoms with Crippen LogP contribution in [0.3, 0.4) is 0 Å². The van der Waals surface area contributed by atoms with E-state index in [1.165, 1.54) is 19.3 Å². The maximum absolute atomic E-state index is 6.18.